The Labute approximate surface area is 178 Å². The Bertz CT molecular complexity index is 578. The number of likely N-dealkylation sites (tertiary alicyclic amines) is 3. The van der Waals surface area contributed by atoms with Gasteiger partial charge in [0.1, 0.15) is 5.75 Å². The predicted molar refractivity (Wildman–Crippen MR) is 121 cm³/mol. The van der Waals surface area contributed by atoms with Gasteiger partial charge < -0.3 is 14.5 Å². The molecule has 0 unspecified atom stereocenters. The lowest BCUT2D eigenvalue weighted by Crippen LogP contribution is -2.42. The molecule has 1 aromatic carbocycles. The van der Waals surface area contributed by atoms with Crippen LogP contribution in [-0.4, -0.2) is 73.2 Å². The van der Waals surface area contributed by atoms with Crippen LogP contribution < -0.4 is 4.74 Å². The predicted octanol–water partition coefficient (Wildman–Crippen LogP) is 4.39. The van der Waals surface area contributed by atoms with Gasteiger partial charge in [-0.15, -0.1) is 0 Å². The number of hydrogen-bond acceptors (Lipinski definition) is 4. The number of ether oxygens (including phenoxy) is 1. The summed E-state index contributed by atoms with van der Waals surface area (Å²) in [5, 5.41) is 0. The molecule has 0 aliphatic carbocycles. The number of piperidine rings is 2. The summed E-state index contributed by atoms with van der Waals surface area (Å²) in [5.74, 6) is 1.03. The van der Waals surface area contributed by atoms with Gasteiger partial charge >= 0.3 is 0 Å². The first-order chi connectivity index (χ1) is 14.4. The molecule has 0 N–H and O–H groups in total. The molecular formula is C25H41N3O. The van der Waals surface area contributed by atoms with Crippen molar-refractivity contribution in [1.82, 2.24) is 14.7 Å². The smallest absolute Gasteiger partial charge is 0.119 e. The first kappa shape index (κ1) is 21.1. The number of nitrogens with zero attached hydrogens (tertiary/aromatic N) is 3. The van der Waals surface area contributed by atoms with E-state index in [-0.39, 0.29) is 0 Å². The van der Waals surface area contributed by atoms with Crippen LogP contribution in [0.4, 0.5) is 0 Å². The summed E-state index contributed by atoms with van der Waals surface area (Å²) in [4.78, 5) is 8.00. The highest BCUT2D eigenvalue weighted by atomic mass is 16.5. The van der Waals surface area contributed by atoms with Crippen LogP contribution in [0, 0.1) is 0 Å². The van der Waals surface area contributed by atoms with Gasteiger partial charge in [0.2, 0.25) is 0 Å². The maximum absolute atomic E-state index is 6.00. The minimum atomic E-state index is 0.749. The lowest BCUT2D eigenvalue weighted by Gasteiger charge is -2.33. The fraction of sp³-hybridized carbons (Fsp3) is 0.760. The summed E-state index contributed by atoms with van der Waals surface area (Å²) in [5.41, 5.74) is 1.43. The van der Waals surface area contributed by atoms with Gasteiger partial charge in [-0.25, -0.2) is 0 Å². The van der Waals surface area contributed by atoms with Crippen LogP contribution >= 0.6 is 0 Å². The van der Waals surface area contributed by atoms with Gasteiger partial charge in [0.05, 0.1) is 6.61 Å². The monoisotopic (exact) mass is 399 g/mol. The quantitative estimate of drug-likeness (QED) is 0.573. The molecule has 3 aliphatic heterocycles. The second-order valence-electron chi connectivity index (χ2n) is 9.38. The van der Waals surface area contributed by atoms with Gasteiger partial charge in [-0.3, -0.25) is 4.90 Å². The van der Waals surface area contributed by atoms with Crippen molar-refractivity contribution in [1.29, 1.82) is 0 Å². The van der Waals surface area contributed by atoms with Gasteiger partial charge in [0.15, 0.2) is 0 Å². The maximum atomic E-state index is 6.00. The molecule has 0 spiro atoms. The van der Waals surface area contributed by atoms with Crippen molar-refractivity contribution in [3.63, 3.8) is 0 Å². The molecule has 0 amide bonds. The molecule has 1 atom stereocenters. The third-order valence-electron chi connectivity index (χ3n) is 7.06. The summed E-state index contributed by atoms with van der Waals surface area (Å²) >= 11 is 0. The van der Waals surface area contributed by atoms with Crippen LogP contribution in [0.25, 0.3) is 0 Å². The maximum Gasteiger partial charge on any atom is 0.119 e. The van der Waals surface area contributed by atoms with Crippen molar-refractivity contribution >= 4 is 0 Å². The minimum Gasteiger partial charge on any atom is -0.494 e. The molecule has 3 fully saturated rings. The lowest BCUT2D eigenvalue weighted by atomic mass is 10.1. The lowest BCUT2D eigenvalue weighted by molar-refractivity contribution is 0.149. The molecule has 0 saturated carbocycles. The Morgan fingerprint density at radius 3 is 2.17 bits per heavy atom. The molecule has 0 bridgehead atoms. The zero-order chi connectivity index (χ0) is 19.7. The fourth-order valence-corrected chi connectivity index (χ4v) is 5.34. The van der Waals surface area contributed by atoms with Crippen molar-refractivity contribution in [3.05, 3.63) is 29.8 Å². The van der Waals surface area contributed by atoms with E-state index >= 15 is 0 Å². The molecular weight excluding hydrogens is 358 g/mol. The first-order valence-electron chi connectivity index (χ1n) is 12.3. The number of rotatable bonds is 9. The van der Waals surface area contributed by atoms with E-state index in [9.17, 15) is 0 Å². The molecule has 3 heterocycles. The average molecular weight is 400 g/mol. The van der Waals surface area contributed by atoms with Crippen molar-refractivity contribution in [2.45, 2.75) is 70.4 Å². The Balaban J connectivity index is 1.17. The largest absolute Gasteiger partial charge is 0.494 e. The van der Waals surface area contributed by atoms with E-state index in [0.29, 0.717) is 0 Å². The normalized spacial score (nSPS) is 24.8. The highest BCUT2D eigenvalue weighted by Gasteiger charge is 2.26. The fourth-order valence-electron chi connectivity index (χ4n) is 5.34. The zero-order valence-corrected chi connectivity index (χ0v) is 18.4. The molecule has 162 valence electrons. The molecule has 4 nitrogen and oxygen atoms in total. The van der Waals surface area contributed by atoms with Crippen LogP contribution in [-0.2, 0) is 6.54 Å². The van der Waals surface area contributed by atoms with Crippen molar-refractivity contribution in [2.24, 2.45) is 0 Å². The van der Waals surface area contributed by atoms with Crippen molar-refractivity contribution in [2.75, 3.05) is 52.4 Å². The average Bonchev–Trinajstić information content (AvgIpc) is 3.20. The van der Waals surface area contributed by atoms with Crippen LogP contribution in [0.5, 0.6) is 5.75 Å². The standard InChI is InChI=1S/C25H41N3O/c1-3-14-26(15-4-1)18-8-20-29-25-12-10-23(11-13-25)21-28-19-7-9-24(28)22-27-16-5-2-6-17-27/h10-13,24H,1-9,14-22H2/t24-/m0/s1. The topological polar surface area (TPSA) is 19.0 Å². The van der Waals surface area contributed by atoms with E-state index in [1.54, 1.807) is 0 Å². The van der Waals surface area contributed by atoms with Crippen molar-refractivity contribution in [3.8, 4) is 5.75 Å². The molecule has 4 rings (SSSR count). The Morgan fingerprint density at radius 1 is 0.759 bits per heavy atom. The second-order valence-corrected chi connectivity index (χ2v) is 9.38. The Morgan fingerprint density at radius 2 is 1.45 bits per heavy atom. The first-order valence-corrected chi connectivity index (χ1v) is 12.3. The second kappa shape index (κ2) is 11.3. The third kappa shape index (κ3) is 6.70. The van der Waals surface area contributed by atoms with Gasteiger partial charge in [-0.1, -0.05) is 25.0 Å². The molecule has 1 aromatic rings. The van der Waals surface area contributed by atoms with Crippen LogP contribution in [0.1, 0.15) is 63.4 Å². The summed E-state index contributed by atoms with van der Waals surface area (Å²) < 4.78 is 6.00. The van der Waals surface area contributed by atoms with Gasteiger partial charge in [-0.05, 0) is 95.4 Å². The van der Waals surface area contributed by atoms with Gasteiger partial charge in [-0.2, -0.15) is 0 Å². The van der Waals surface area contributed by atoms with E-state index in [4.69, 9.17) is 4.74 Å². The summed E-state index contributed by atoms with van der Waals surface area (Å²) in [6.45, 7) is 10.8. The van der Waals surface area contributed by atoms with E-state index in [1.807, 2.05) is 0 Å². The summed E-state index contributed by atoms with van der Waals surface area (Å²) in [6.07, 6.45) is 12.2. The zero-order valence-electron chi connectivity index (χ0n) is 18.4. The molecule has 3 saturated heterocycles. The van der Waals surface area contributed by atoms with Gasteiger partial charge in [0.25, 0.3) is 0 Å². The van der Waals surface area contributed by atoms with Crippen LogP contribution in [0.3, 0.4) is 0 Å². The van der Waals surface area contributed by atoms with Crippen LogP contribution in [0.2, 0.25) is 0 Å². The van der Waals surface area contributed by atoms with E-state index in [1.165, 1.54) is 103 Å². The molecule has 4 heteroatoms. The highest BCUT2D eigenvalue weighted by Crippen LogP contribution is 2.23. The summed E-state index contributed by atoms with van der Waals surface area (Å²) in [7, 11) is 0. The minimum absolute atomic E-state index is 0.749. The van der Waals surface area contributed by atoms with E-state index in [0.717, 1.165) is 31.4 Å². The summed E-state index contributed by atoms with van der Waals surface area (Å²) in [6, 6.07) is 9.64. The van der Waals surface area contributed by atoms with Crippen LogP contribution in [0.15, 0.2) is 24.3 Å². The number of hydrogen-bond donors (Lipinski definition) is 0. The molecule has 29 heavy (non-hydrogen) atoms. The molecule has 0 aromatic heterocycles. The van der Waals surface area contributed by atoms with Crippen molar-refractivity contribution < 1.29 is 4.74 Å². The number of benzene rings is 1. The van der Waals surface area contributed by atoms with E-state index in [2.05, 4.69) is 39.0 Å². The van der Waals surface area contributed by atoms with E-state index < -0.39 is 0 Å². The third-order valence-corrected chi connectivity index (χ3v) is 7.06. The highest BCUT2D eigenvalue weighted by molar-refractivity contribution is 5.27. The Kier molecular flexibility index (Phi) is 8.26. The molecule has 0 radical (unpaired) electrons. The molecule has 3 aliphatic rings. The SMILES string of the molecule is c1cc(OCCCN2CCCCC2)ccc1CN1CCC[C@H]1CN1CCCCC1. The van der Waals surface area contributed by atoms with Gasteiger partial charge in [0, 0.05) is 25.7 Å². The Hall–Kier alpha value is -1.10.